The number of rotatable bonds is 9. The average molecular weight is 596 g/mol. The summed E-state index contributed by atoms with van der Waals surface area (Å²) in [5.74, 6) is 0.673. The van der Waals surface area contributed by atoms with Gasteiger partial charge in [-0.1, -0.05) is 104 Å². The summed E-state index contributed by atoms with van der Waals surface area (Å²) in [6, 6.07) is 39.6. The van der Waals surface area contributed by atoms with Crippen molar-refractivity contribution in [2.75, 3.05) is 26.2 Å². The highest BCUT2D eigenvalue weighted by atomic mass is 16.1. The number of piperazine rings is 1. The van der Waals surface area contributed by atoms with E-state index in [-0.39, 0.29) is 11.6 Å². The number of benzene rings is 4. The van der Waals surface area contributed by atoms with Crippen LogP contribution in [-0.2, 0) is 13.0 Å². The number of nitrogens with zero attached hydrogens (tertiary/aromatic N) is 6. The number of nitrogens with one attached hydrogen (secondary N) is 1. The third kappa shape index (κ3) is 6.07. The zero-order valence-corrected chi connectivity index (χ0v) is 25.5. The van der Waals surface area contributed by atoms with Gasteiger partial charge in [-0.3, -0.25) is 14.6 Å². The molecule has 0 unspecified atom stereocenters. The molecule has 0 spiro atoms. The summed E-state index contributed by atoms with van der Waals surface area (Å²) in [5, 5.41) is 14.1. The Hall–Kier alpha value is -4.92. The number of hydrogen-bond donors (Lipinski definition) is 1. The lowest BCUT2D eigenvalue weighted by Crippen LogP contribution is -2.50. The molecule has 4 aromatic carbocycles. The van der Waals surface area contributed by atoms with E-state index < -0.39 is 6.04 Å². The van der Waals surface area contributed by atoms with Crippen molar-refractivity contribution in [2.24, 2.45) is 0 Å². The van der Waals surface area contributed by atoms with E-state index in [9.17, 15) is 4.79 Å². The van der Waals surface area contributed by atoms with Crippen molar-refractivity contribution in [3.63, 3.8) is 0 Å². The van der Waals surface area contributed by atoms with Gasteiger partial charge in [-0.25, -0.2) is 4.68 Å². The van der Waals surface area contributed by atoms with Crippen LogP contribution in [0.1, 0.15) is 52.6 Å². The Kier molecular flexibility index (Phi) is 8.31. The number of hydrogen-bond acceptors (Lipinski definition) is 6. The lowest BCUT2D eigenvalue weighted by atomic mass is 9.96. The molecule has 0 aliphatic carbocycles. The molecule has 1 aliphatic heterocycles. The van der Waals surface area contributed by atoms with E-state index >= 15 is 0 Å². The Morgan fingerprint density at radius 1 is 0.711 bits per heavy atom. The van der Waals surface area contributed by atoms with Crippen LogP contribution in [0.5, 0.6) is 0 Å². The van der Waals surface area contributed by atoms with Gasteiger partial charge in [0.25, 0.3) is 5.56 Å². The van der Waals surface area contributed by atoms with E-state index in [4.69, 9.17) is 0 Å². The Labute approximate surface area is 263 Å². The van der Waals surface area contributed by atoms with Gasteiger partial charge in [0.15, 0.2) is 5.82 Å². The Morgan fingerprint density at radius 3 is 1.93 bits per heavy atom. The van der Waals surface area contributed by atoms with Crippen molar-refractivity contribution >= 4 is 10.9 Å². The van der Waals surface area contributed by atoms with Gasteiger partial charge < -0.3 is 4.98 Å². The van der Waals surface area contributed by atoms with Crippen LogP contribution in [0.4, 0.5) is 0 Å². The largest absolute Gasteiger partial charge is 0.322 e. The molecule has 1 saturated heterocycles. The summed E-state index contributed by atoms with van der Waals surface area (Å²) in [6.45, 7) is 5.84. The Bertz CT molecular complexity index is 1870. The number of aromatic nitrogens is 5. The molecule has 0 bridgehead atoms. The fourth-order valence-electron chi connectivity index (χ4n) is 6.61. The summed E-state index contributed by atoms with van der Waals surface area (Å²) in [7, 11) is 0. The highest BCUT2D eigenvalue weighted by Crippen LogP contribution is 2.33. The molecule has 45 heavy (non-hydrogen) atoms. The van der Waals surface area contributed by atoms with Gasteiger partial charge in [0.2, 0.25) is 0 Å². The smallest absolute Gasteiger partial charge is 0.253 e. The van der Waals surface area contributed by atoms with Crippen molar-refractivity contribution < 1.29 is 0 Å². The fourth-order valence-corrected chi connectivity index (χ4v) is 6.61. The van der Waals surface area contributed by atoms with Crippen LogP contribution in [0.25, 0.3) is 10.9 Å². The van der Waals surface area contributed by atoms with Gasteiger partial charge >= 0.3 is 0 Å². The van der Waals surface area contributed by atoms with Crippen LogP contribution in [0.3, 0.4) is 0 Å². The molecule has 1 N–H and O–H groups in total. The number of tetrazole rings is 1. The van der Waals surface area contributed by atoms with Crippen molar-refractivity contribution in [2.45, 2.75) is 32.0 Å². The van der Waals surface area contributed by atoms with Crippen molar-refractivity contribution in [1.82, 2.24) is 35.0 Å². The minimum Gasteiger partial charge on any atom is -0.322 e. The van der Waals surface area contributed by atoms with Gasteiger partial charge in [-0.15, -0.1) is 5.10 Å². The first-order valence-electron chi connectivity index (χ1n) is 15.7. The van der Waals surface area contributed by atoms with Crippen LogP contribution >= 0.6 is 0 Å². The highest BCUT2D eigenvalue weighted by Gasteiger charge is 2.34. The number of aryl methyl sites for hydroxylation is 1. The summed E-state index contributed by atoms with van der Waals surface area (Å²) in [5.41, 5.74) is 6.27. The maximum absolute atomic E-state index is 13.8. The molecule has 2 aromatic heterocycles. The summed E-state index contributed by atoms with van der Waals surface area (Å²) in [4.78, 5) is 21.9. The molecule has 8 nitrogen and oxygen atoms in total. The molecule has 3 heterocycles. The number of fused-ring (bicyclic) bond motifs is 1. The topological polar surface area (TPSA) is 82.9 Å². The lowest BCUT2D eigenvalue weighted by molar-refractivity contribution is 0.0857. The third-order valence-corrected chi connectivity index (χ3v) is 8.93. The third-order valence-electron chi connectivity index (χ3n) is 8.93. The van der Waals surface area contributed by atoms with Crippen molar-refractivity contribution in [3.05, 3.63) is 159 Å². The summed E-state index contributed by atoms with van der Waals surface area (Å²) in [6.07, 6.45) is 0.926. The Morgan fingerprint density at radius 2 is 1.31 bits per heavy atom. The summed E-state index contributed by atoms with van der Waals surface area (Å²) < 4.78 is 1.84. The molecule has 0 amide bonds. The molecule has 1 atom stereocenters. The van der Waals surface area contributed by atoms with E-state index in [1.54, 1.807) is 0 Å². The van der Waals surface area contributed by atoms with E-state index in [1.165, 1.54) is 16.7 Å². The average Bonchev–Trinajstić information content (AvgIpc) is 3.54. The second kappa shape index (κ2) is 13.0. The molecule has 8 heteroatoms. The van der Waals surface area contributed by atoms with Crippen LogP contribution in [0.15, 0.2) is 120 Å². The first-order valence-corrected chi connectivity index (χ1v) is 15.7. The SMILES string of the molecule is CCc1ccc2[nH]c(=O)c([C@@H](c3nnnn3Cc3ccccc3)N3CCN(C(c4ccccc4)c4ccccc4)CC3)cc2c1. The zero-order chi connectivity index (χ0) is 30.6. The van der Waals surface area contributed by atoms with Crippen molar-refractivity contribution in [3.8, 4) is 0 Å². The van der Waals surface area contributed by atoms with Crippen LogP contribution in [-0.4, -0.2) is 61.2 Å². The van der Waals surface area contributed by atoms with Gasteiger partial charge in [0.1, 0.15) is 6.04 Å². The first-order chi connectivity index (χ1) is 22.2. The number of pyridine rings is 1. The van der Waals surface area contributed by atoms with Gasteiger partial charge in [0, 0.05) is 37.3 Å². The standard InChI is InChI=1S/C37H37N7O/c1-2-27-18-19-33-31(24-27)25-32(37(45)38-33)35(36-39-40-41-44(36)26-28-12-6-3-7-13-28)43-22-20-42(21-23-43)34(29-14-8-4-9-15-29)30-16-10-5-11-17-30/h3-19,24-25,34-35H,2,20-23,26H2,1H3,(H,38,45)/t35-/m0/s1. The second-order valence-electron chi connectivity index (χ2n) is 11.7. The quantitative estimate of drug-likeness (QED) is 0.234. The molecule has 0 saturated carbocycles. The molecule has 226 valence electrons. The molecule has 1 fully saturated rings. The normalized spacial score (nSPS) is 15.1. The molecule has 7 rings (SSSR count). The molecular weight excluding hydrogens is 558 g/mol. The van der Waals surface area contributed by atoms with Gasteiger partial charge in [-0.2, -0.15) is 0 Å². The van der Waals surface area contributed by atoms with Gasteiger partial charge in [-0.05, 0) is 62.7 Å². The van der Waals surface area contributed by atoms with E-state index in [1.807, 2.05) is 35.0 Å². The predicted molar refractivity (Wildman–Crippen MR) is 177 cm³/mol. The lowest BCUT2D eigenvalue weighted by Gasteiger charge is -2.42. The zero-order valence-electron chi connectivity index (χ0n) is 25.5. The molecule has 1 aliphatic rings. The Balaban J connectivity index is 1.26. The number of aromatic amines is 1. The van der Waals surface area contributed by atoms with Crippen molar-refractivity contribution in [1.29, 1.82) is 0 Å². The van der Waals surface area contributed by atoms with Crippen LogP contribution in [0, 0.1) is 0 Å². The monoisotopic (exact) mass is 595 g/mol. The van der Waals surface area contributed by atoms with Crippen LogP contribution < -0.4 is 5.56 Å². The minimum absolute atomic E-state index is 0.111. The van der Waals surface area contributed by atoms with E-state index in [0.717, 1.165) is 49.1 Å². The molecule has 6 aromatic rings. The van der Waals surface area contributed by atoms with E-state index in [0.29, 0.717) is 17.9 Å². The minimum atomic E-state index is -0.406. The maximum atomic E-state index is 13.8. The predicted octanol–water partition coefficient (Wildman–Crippen LogP) is 5.62. The second-order valence-corrected chi connectivity index (χ2v) is 11.7. The summed E-state index contributed by atoms with van der Waals surface area (Å²) >= 11 is 0. The maximum Gasteiger partial charge on any atom is 0.253 e. The fraction of sp³-hybridized carbons (Fsp3) is 0.243. The molecular formula is C37H37N7O. The van der Waals surface area contributed by atoms with Gasteiger partial charge in [0.05, 0.1) is 12.6 Å². The highest BCUT2D eigenvalue weighted by molar-refractivity contribution is 5.80. The van der Waals surface area contributed by atoms with E-state index in [2.05, 4.69) is 122 Å². The van der Waals surface area contributed by atoms with Crippen LogP contribution in [0.2, 0.25) is 0 Å². The first kappa shape index (κ1) is 28.8. The number of H-pyrrole nitrogens is 1. The molecule has 0 radical (unpaired) electrons.